The van der Waals surface area contributed by atoms with Crippen LogP contribution in [-0.4, -0.2) is 32.2 Å². The van der Waals surface area contributed by atoms with Crippen molar-refractivity contribution in [3.63, 3.8) is 0 Å². The molecule has 8 heteroatoms. The Balaban J connectivity index is 1.63. The molecule has 138 valence electrons. The molecule has 8 nitrogen and oxygen atoms in total. The Kier molecular flexibility index (Phi) is 5.83. The largest absolute Gasteiger partial charge is 0.467 e. The Labute approximate surface area is 152 Å². The summed E-state index contributed by atoms with van der Waals surface area (Å²) in [6.07, 6.45) is 6.59. The van der Waals surface area contributed by atoms with Crippen molar-refractivity contribution in [1.82, 2.24) is 25.1 Å². The van der Waals surface area contributed by atoms with Crippen LogP contribution in [0.5, 0.6) is 0 Å². The summed E-state index contributed by atoms with van der Waals surface area (Å²) in [5.74, 6) is 1.71. The number of carbonyl (C=O) groups excluding carboxylic acids is 1. The Bertz CT molecular complexity index is 839. The van der Waals surface area contributed by atoms with Crippen molar-refractivity contribution in [1.29, 1.82) is 0 Å². The van der Waals surface area contributed by atoms with E-state index in [1.165, 1.54) is 6.33 Å². The summed E-state index contributed by atoms with van der Waals surface area (Å²) in [7, 11) is 0. The Morgan fingerprint density at radius 1 is 1.31 bits per heavy atom. The normalized spacial score (nSPS) is 11.2. The maximum Gasteiger partial charge on any atom is 0.223 e. The molecule has 0 aliphatic carbocycles. The van der Waals surface area contributed by atoms with Gasteiger partial charge in [-0.2, -0.15) is 5.10 Å². The predicted molar refractivity (Wildman–Crippen MR) is 98.4 cm³/mol. The zero-order chi connectivity index (χ0) is 18.4. The highest BCUT2D eigenvalue weighted by Gasteiger charge is 2.14. The molecular weight excluding hydrogens is 332 g/mol. The number of anilines is 1. The summed E-state index contributed by atoms with van der Waals surface area (Å²) < 4.78 is 7.10. The van der Waals surface area contributed by atoms with Crippen molar-refractivity contribution in [2.75, 3.05) is 11.9 Å². The summed E-state index contributed by atoms with van der Waals surface area (Å²) in [6, 6.07) is 3.75. The first-order valence-electron chi connectivity index (χ1n) is 8.93. The van der Waals surface area contributed by atoms with Gasteiger partial charge in [-0.25, -0.2) is 14.6 Å². The number of amides is 1. The van der Waals surface area contributed by atoms with E-state index in [2.05, 4.69) is 25.7 Å². The third kappa shape index (κ3) is 4.01. The minimum atomic E-state index is 0.0732. The van der Waals surface area contributed by atoms with Gasteiger partial charge >= 0.3 is 0 Å². The average molecular weight is 356 g/mol. The zero-order valence-corrected chi connectivity index (χ0v) is 15.1. The first kappa shape index (κ1) is 17.9. The lowest BCUT2D eigenvalue weighted by atomic mass is 10.0. The van der Waals surface area contributed by atoms with Crippen molar-refractivity contribution in [2.24, 2.45) is 5.92 Å². The number of carbonyl (C=O) groups is 1. The molecule has 0 saturated heterocycles. The molecule has 26 heavy (non-hydrogen) atoms. The number of aromatic nitrogens is 4. The van der Waals surface area contributed by atoms with E-state index in [4.69, 9.17) is 4.42 Å². The molecule has 0 spiro atoms. The summed E-state index contributed by atoms with van der Waals surface area (Å²) in [5, 5.41) is 11.4. The van der Waals surface area contributed by atoms with Gasteiger partial charge in [-0.3, -0.25) is 4.79 Å². The summed E-state index contributed by atoms with van der Waals surface area (Å²) in [4.78, 5) is 20.7. The number of nitrogens with zero attached hydrogens (tertiary/aromatic N) is 4. The topological polar surface area (TPSA) is 97.9 Å². The van der Waals surface area contributed by atoms with Gasteiger partial charge in [0.05, 0.1) is 30.9 Å². The first-order chi connectivity index (χ1) is 12.7. The lowest BCUT2D eigenvalue weighted by molar-refractivity contribution is -0.125. The van der Waals surface area contributed by atoms with Gasteiger partial charge in [0.2, 0.25) is 5.91 Å². The number of nitrogens with one attached hydrogen (secondary N) is 2. The molecule has 0 fully saturated rings. The quantitative estimate of drug-likeness (QED) is 0.611. The third-order valence-corrected chi connectivity index (χ3v) is 4.42. The van der Waals surface area contributed by atoms with E-state index in [-0.39, 0.29) is 11.8 Å². The molecule has 3 aromatic heterocycles. The van der Waals surface area contributed by atoms with Crippen LogP contribution in [0.15, 0.2) is 35.3 Å². The van der Waals surface area contributed by atoms with E-state index in [9.17, 15) is 4.79 Å². The standard InChI is InChI=1S/C18H24N6O2/c1-3-13(4-2)18(25)19-7-8-24-17-15(11-23-24)16(21-12-22-17)20-10-14-6-5-9-26-14/h5-6,9,11-13H,3-4,7-8,10H2,1-2H3,(H,19,25)(H,20,21,22). The van der Waals surface area contributed by atoms with Gasteiger partial charge < -0.3 is 15.1 Å². The first-order valence-corrected chi connectivity index (χ1v) is 8.93. The van der Waals surface area contributed by atoms with Crippen molar-refractivity contribution >= 4 is 22.8 Å². The number of fused-ring (bicyclic) bond motifs is 1. The Morgan fingerprint density at radius 3 is 2.88 bits per heavy atom. The lowest BCUT2D eigenvalue weighted by Gasteiger charge is -2.12. The summed E-state index contributed by atoms with van der Waals surface area (Å²) in [6.45, 7) is 5.68. The second-order valence-electron chi connectivity index (χ2n) is 6.06. The monoisotopic (exact) mass is 356 g/mol. The number of hydrogen-bond acceptors (Lipinski definition) is 6. The number of furan rings is 1. The van der Waals surface area contributed by atoms with Crippen molar-refractivity contribution < 1.29 is 9.21 Å². The second kappa shape index (κ2) is 8.46. The molecule has 0 unspecified atom stereocenters. The molecule has 3 heterocycles. The molecule has 3 aromatic rings. The van der Waals surface area contributed by atoms with Gasteiger partial charge in [0.25, 0.3) is 0 Å². The molecule has 1 amide bonds. The smallest absolute Gasteiger partial charge is 0.223 e. The van der Waals surface area contributed by atoms with Gasteiger partial charge in [0, 0.05) is 12.5 Å². The van der Waals surface area contributed by atoms with Crippen LogP contribution in [-0.2, 0) is 17.9 Å². The van der Waals surface area contributed by atoms with Crippen LogP contribution >= 0.6 is 0 Å². The van der Waals surface area contributed by atoms with E-state index in [1.54, 1.807) is 17.1 Å². The van der Waals surface area contributed by atoms with Gasteiger partial charge in [-0.15, -0.1) is 0 Å². The summed E-state index contributed by atoms with van der Waals surface area (Å²) >= 11 is 0. The second-order valence-corrected chi connectivity index (χ2v) is 6.06. The molecule has 2 N–H and O–H groups in total. The molecular formula is C18H24N6O2. The maximum absolute atomic E-state index is 12.1. The lowest BCUT2D eigenvalue weighted by Crippen LogP contribution is -2.32. The van der Waals surface area contributed by atoms with E-state index < -0.39 is 0 Å². The molecule has 3 rings (SSSR count). The fourth-order valence-corrected chi connectivity index (χ4v) is 2.87. The minimum Gasteiger partial charge on any atom is -0.467 e. The number of rotatable bonds is 9. The maximum atomic E-state index is 12.1. The van der Waals surface area contributed by atoms with Gasteiger partial charge in [0.15, 0.2) is 5.65 Å². The average Bonchev–Trinajstić information content (AvgIpc) is 3.31. The van der Waals surface area contributed by atoms with Crippen LogP contribution in [0.25, 0.3) is 11.0 Å². The van der Waals surface area contributed by atoms with E-state index in [0.717, 1.165) is 29.6 Å². The Morgan fingerprint density at radius 2 is 2.15 bits per heavy atom. The highest BCUT2D eigenvalue weighted by atomic mass is 16.3. The molecule has 0 atom stereocenters. The van der Waals surface area contributed by atoms with Crippen LogP contribution in [0.3, 0.4) is 0 Å². The summed E-state index contributed by atoms with van der Waals surface area (Å²) in [5.41, 5.74) is 0.735. The molecule has 0 aliphatic heterocycles. The van der Waals surface area contributed by atoms with E-state index in [1.807, 2.05) is 26.0 Å². The van der Waals surface area contributed by atoms with Gasteiger partial charge in [0.1, 0.15) is 17.9 Å². The van der Waals surface area contributed by atoms with Crippen molar-refractivity contribution in [3.8, 4) is 0 Å². The number of hydrogen-bond donors (Lipinski definition) is 2. The van der Waals surface area contributed by atoms with E-state index >= 15 is 0 Å². The fourth-order valence-electron chi connectivity index (χ4n) is 2.87. The van der Waals surface area contributed by atoms with Crippen LogP contribution in [0.1, 0.15) is 32.4 Å². The Hall–Kier alpha value is -2.90. The van der Waals surface area contributed by atoms with Crippen LogP contribution in [0.2, 0.25) is 0 Å². The predicted octanol–water partition coefficient (Wildman–Crippen LogP) is 2.58. The molecule has 0 radical (unpaired) electrons. The van der Waals surface area contributed by atoms with Gasteiger partial charge in [-0.05, 0) is 25.0 Å². The molecule has 0 bridgehead atoms. The molecule has 0 saturated carbocycles. The van der Waals surface area contributed by atoms with Crippen LogP contribution in [0, 0.1) is 5.92 Å². The minimum absolute atomic E-state index is 0.0732. The highest BCUT2D eigenvalue weighted by molar-refractivity contribution is 5.86. The van der Waals surface area contributed by atoms with E-state index in [0.29, 0.717) is 25.5 Å². The highest BCUT2D eigenvalue weighted by Crippen LogP contribution is 2.19. The van der Waals surface area contributed by atoms with Crippen molar-refractivity contribution in [2.45, 2.75) is 39.8 Å². The fraction of sp³-hybridized carbons (Fsp3) is 0.444. The molecule has 0 aromatic carbocycles. The van der Waals surface area contributed by atoms with Crippen LogP contribution in [0.4, 0.5) is 5.82 Å². The zero-order valence-electron chi connectivity index (χ0n) is 15.1. The van der Waals surface area contributed by atoms with Crippen molar-refractivity contribution in [3.05, 3.63) is 36.7 Å². The molecule has 0 aliphatic rings. The third-order valence-electron chi connectivity index (χ3n) is 4.42. The van der Waals surface area contributed by atoms with Crippen LogP contribution < -0.4 is 10.6 Å². The SMILES string of the molecule is CCC(CC)C(=O)NCCn1ncc2c(NCc3ccco3)ncnc21. The van der Waals surface area contributed by atoms with Gasteiger partial charge in [-0.1, -0.05) is 13.8 Å².